The molecule has 2 heterocycles. The topological polar surface area (TPSA) is 30.9 Å². The number of fused-ring (bicyclic) bond motifs is 2. The normalized spacial score (nSPS) is 15.6. The Morgan fingerprint density at radius 3 is 2.34 bits per heavy atom. The van der Waals surface area contributed by atoms with Crippen LogP contribution in [-0.2, 0) is 6.42 Å². The largest absolute Gasteiger partial charge is 0.353 e. The van der Waals surface area contributed by atoms with Gasteiger partial charge in [-0.3, -0.25) is 4.90 Å². The van der Waals surface area contributed by atoms with Crippen LogP contribution in [0.5, 0.6) is 0 Å². The van der Waals surface area contributed by atoms with Crippen LogP contribution < -0.4 is 5.32 Å². The van der Waals surface area contributed by atoms with Gasteiger partial charge in [0, 0.05) is 42.5 Å². The molecule has 4 nitrogen and oxygen atoms in total. The van der Waals surface area contributed by atoms with Gasteiger partial charge in [0.15, 0.2) is 0 Å². The summed E-state index contributed by atoms with van der Waals surface area (Å²) in [4.78, 5) is 10.2. The van der Waals surface area contributed by atoms with E-state index in [1.807, 2.05) is 18.2 Å². The van der Waals surface area contributed by atoms with Crippen molar-refractivity contribution in [3.05, 3.63) is 88.9 Å². The van der Waals surface area contributed by atoms with E-state index in [1.165, 1.54) is 50.6 Å². The molecule has 5 rings (SSSR count). The van der Waals surface area contributed by atoms with Gasteiger partial charge in [0.1, 0.15) is 5.84 Å². The van der Waals surface area contributed by atoms with Crippen LogP contribution in [0.1, 0.15) is 43.2 Å². The van der Waals surface area contributed by atoms with Crippen molar-refractivity contribution in [1.29, 1.82) is 0 Å². The summed E-state index contributed by atoms with van der Waals surface area (Å²) >= 11 is 6.29. The molecule has 1 fully saturated rings. The summed E-state index contributed by atoms with van der Waals surface area (Å²) in [6.45, 7) is 5.38. The number of hydrogen-bond acceptors (Lipinski definition) is 4. The molecule has 5 heteroatoms. The molecule has 0 atom stereocenters. The highest BCUT2D eigenvalue weighted by Gasteiger charge is 2.24. The van der Waals surface area contributed by atoms with Crippen LogP contribution in [0.3, 0.4) is 0 Å². The van der Waals surface area contributed by atoms with E-state index in [1.54, 1.807) is 0 Å². The Kier molecular flexibility index (Phi) is 8.02. The van der Waals surface area contributed by atoms with Crippen molar-refractivity contribution in [2.45, 2.75) is 38.5 Å². The molecule has 2 aliphatic heterocycles. The number of unbranched alkanes of at least 4 members (excludes halogenated alkanes) is 4. The lowest BCUT2D eigenvalue weighted by Crippen LogP contribution is -2.49. The summed E-state index contributed by atoms with van der Waals surface area (Å²) in [5.41, 5.74) is 5.62. The second-order valence-corrected chi connectivity index (χ2v) is 10.0. The molecule has 3 aromatic carbocycles. The van der Waals surface area contributed by atoms with E-state index in [9.17, 15) is 0 Å². The van der Waals surface area contributed by atoms with Gasteiger partial charge in [-0.1, -0.05) is 73.3 Å². The van der Waals surface area contributed by atoms with Crippen LogP contribution in [0.4, 0.5) is 17.1 Å². The van der Waals surface area contributed by atoms with E-state index in [4.69, 9.17) is 16.6 Å². The van der Waals surface area contributed by atoms with E-state index in [2.05, 4.69) is 69.7 Å². The molecule has 0 amide bonds. The summed E-state index contributed by atoms with van der Waals surface area (Å²) in [7, 11) is 0. The van der Waals surface area contributed by atoms with Crippen molar-refractivity contribution in [3.63, 3.8) is 0 Å². The number of halogens is 1. The lowest BCUT2D eigenvalue weighted by atomic mass is 10.1. The van der Waals surface area contributed by atoms with Crippen LogP contribution in [0.15, 0.2) is 77.8 Å². The summed E-state index contributed by atoms with van der Waals surface area (Å²) < 4.78 is 0. The molecule has 35 heavy (non-hydrogen) atoms. The van der Waals surface area contributed by atoms with Crippen molar-refractivity contribution in [1.82, 2.24) is 9.80 Å². The number of nitrogens with zero attached hydrogens (tertiary/aromatic N) is 3. The number of nitrogens with one attached hydrogen (secondary N) is 1. The SMILES string of the molecule is Clc1ccc2c(c1)N=C(N1CCN(CCCCCCCc3ccccc3)CC1)c1ccccc1N2. The lowest BCUT2D eigenvalue weighted by Gasteiger charge is -2.36. The van der Waals surface area contributed by atoms with Gasteiger partial charge < -0.3 is 10.2 Å². The van der Waals surface area contributed by atoms with E-state index >= 15 is 0 Å². The Morgan fingerprint density at radius 1 is 0.743 bits per heavy atom. The molecule has 182 valence electrons. The van der Waals surface area contributed by atoms with Crippen LogP contribution in [0.2, 0.25) is 5.02 Å². The number of benzene rings is 3. The third-order valence-corrected chi connectivity index (χ3v) is 7.31. The first-order chi connectivity index (χ1) is 17.3. The molecule has 0 aromatic heterocycles. The molecule has 2 aliphatic rings. The zero-order chi connectivity index (χ0) is 23.9. The number of aliphatic imine (C=N–C) groups is 1. The maximum absolute atomic E-state index is 6.29. The number of amidine groups is 1. The fraction of sp³-hybridized carbons (Fsp3) is 0.367. The quantitative estimate of drug-likeness (QED) is 0.339. The molecule has 0 radical (unpaired) electrons. The molecule has 0 unspecified atom stereocenters. The molecule has 0 saturated carbocycles. The fourth-order valence-corrected chi connectivity index (χ4v) is 5.24. The van der Waals surface area contributed by atoms with Gasteiger partial charge in [-0.25, -0.2) is 4.99 Å². The van der Waals surface area contributed by atoms with E-state index in [0.717, 1.165) is 54.6 Å². The van der Waals surface area contributed by atoms with Crippen LogP contribution in [-0.4, -0.2) is 48.4 Å². The van der Waals surface area contributed by atoms with Gasteiger partial charge in [-0.15, -0.1) is 0 Å². The second-order valence-electron chi connectivity index (χ2n) is 9.60. The van der Waals surface area contributed by atoms with E-state index < -0.39 is 0 Å². The Hall–Kier alpha value is -2.82. The predicted octanol–water partition coefficient (Wildman–Crippen LogP) is 7.29. The fourth-order valence-electron chi connectivity index (χ4n) is 5.07. The summed E-state index contributed by atoms with van der Waals surface area (Å²) in [5.74, 6) is 1.05. The number of aryl methyl sites for hydroxylation is 1. The number of rotatable bonds is 8. The van der Waals surface area contributed by atoms with Gasteiger partial charge in [0.05, 0.1) is 11.4 Å². The number of anilines is 2. The van der Waals surface area contributed by atoms with Gasteiger partial charge in [0.2, 0.25) is 0 Å². The van der Waals surface area contributed by atoms with Gasteiger partial charge >= 0.3 is 0 Å². The molecule has 0 bridgehead atoms. The number of hydrogen-bond donors (Lipinski definition) is 1. The summed E-state index contributed by atoms with van der Waals surface area (Å²) in [6, 6.07) is 25.2. The highest BCUT2D eigenvalue weighted by Crippen LogP contribution is 2.36. The monoisotopic (exact) mass is 486 g/mol. The van der Waals surface area contributed by atoms with Gasteiger partial charge in [-0.05, 0) is 61.7 Å². The summed E-state index contributed by atoms with van der Waals surface area (Å²) in [5, 5.41) is 4.27. The molecule has 0 aliphatic carbocycles. The minimum Gasteiger partial charge on any atom is -0.353 e. The molecular formula is C30H35ClN4. The molecule has 1 saturated heterocycles. The zero-order valence-electron chi connectivity index (χ0n) is 20.4. The maximum atomic E-state index is 6.29. The third-order valence-electron chi connectivity index (χ3n) is 7.08. The van der Waals surface area contributed by atoms with E-state index in [-0.39, 0.29) is 0 Å². The number of para-hydroxylation sites is 1. The van der Waals surface area contributed by atoms with Crippen molar-refractivity contribution in [2.24, 2.45) is 4.99 Å². The highest BCUT2D eigenvalue weighted by molar-refractivity contribution is 6.31. The average molecular weight is 487 g/mol. The molecular weight excluding hydrogens is 452 g/mol. The second kappa shape index (κ2) is 11.7. The first-order valence-corrected chi connectivity index (χ1v) is 13.4. The Labute approximate surface area is 214 Å². The molecule has 0 spiro atoms. The van der Waals surface area contributed by atoms with Crippen LogP contribution >= 0.6 is 11.6 Å². The van der Waals surface area contributed by atoms with Crippen LogP contribution in [0.25, 0.3) is 0 Å². The third kappa shape index (κ3) is 6.25. The van der Waals surface area contributed by atoms with Gasteiger partial charge in [-0.2, -0.15) is 0 Å². The number of piperazine rings is 1. The highest BCUT2D eigenvalue weighted by atomic mass is 35.5. The van der Waals surface area contributed by atoms with E-state index in [0.29, 0.717) is 5.02 Å². The standard InChI is InChI=1S/C30H35ClN4/c31-25-16-17-28-29(23-25)33-30(26-14-8-9-15-27(26)32-28)35-21-19-34(20-22-35)18-10-3-1-2-5-11-24-12-6-4-7-13-24/h4,6-9,12-17,23,32H,1-3,5,10-11,18-22H2. The zero-order valence-corrected chi connectivity index (χ0v) is 21.2. The van der Waals surface area contributed by atoms with Crippen molar-refractivity contribution >= 4 is 34.5 Å². The maximum Gasteiger partial charge on any atom is 0.138 e. The lowest BCUT2D eigenvalue weighted by molar-refractivity contribution is 0.179. The van der Waals surface area contributed by atoms with Crippen LogP contribution in [0, 0.1) is 0 Å². The molecule has 3 aromatic rings. The Balaban J connectivity index is 1.10. The Morgan fingerprint density at radius 2 is 1.49 bits per heavy atom. The predicted molar refractivity (Wildman–Crippen MR) is 149 cm³/mol. The smallest absolute Gasteiger partial charge is 0.138 e. The first-order valence-electron chi connectivity index (χ1n) is 13.0. The minimum absolute atomic E-state index is 0.712. The first kappa shape index (κ1) is 23.9. The van der Waals surface area contributed by atoms with Crippen molar-refractivity contribution in [2.75, 3.05) is 38.0 Å². The molecule has 1 N–H and O–H groups in total. The minimum atomic E-state index is 0.712. The van der Waals surface area contributed by atoms with Crippen molar-refractivity contribution in [3.8, 4) is 0 Å². The Bertz CT molecular complexity index is 1140. The average Bonchev–Trinajstić information content (AvgIpc) is 3.06. The van der Waals surface area contributed by atoms with Crippen molar-refractivity contribution < 1.29 is 0 Å². The summed E-state index contributed by atoms with van der Waals surface area (Å²) in [6.07, 6.45) is 7.82. The van der Waals surface area contributed by atoms with Gasteiger partial charge in [0.25, 0.3) is 0 Å².